The number of dihydropyridines is 1. The Bertz CT molecular complexity index is 1230. The molecule has 2 aliphatic rings. The average Bonchev–Trinajstić information content (AvgIpc) is 2.86. The Morgan fingerprint density at radius 3 is 2.51 bits per heavy atom. The number of hydrogen-bond donors (Lipinski definition) is 1. The van der Waals surface area contributed by atoms with Gasteiger partial charge in [0, 0.05) is 47.4 Å². The van der Waals surface area contributed by atoms with Crippen molar-refractivity contribution in [3.8, 4) is 5.75 Å². The number of allylic oxidation sites excluding steroid dienone is 3. The molecule has 0 unspecified atom stereocenters. The van der Waals surface area contributed by atoms with Crippen molar-refractivity contribution in [2.75, 3.05) is 13.7 Å². The van der Waals surface area contributed by atoms with Crippen molar-refractivity contribution in [1.29, 1.82) is 0 Å². The molecule has 1 heterocycles. The van der Waals surface area contributed by atoms with Gasteiger partial charge in [-0.25, -0.2) is 4.79 Å². The van der Waals surface area contributed by atoms with E-state index in [1.165, 1.54) is 12.1 Å². The van der Waals surface area contributed by atoms with Crippen LogP contribution in [0.1, 0.15) is 56.1 Å². The smallest absolute Gasteiger partial charge is 0.336 e. The van der Waals surface area contributed by atoms with Gasteiger partial charge in [0.2, 0.25) is 0 Å². The van der Waals surface area contributed by atoms with Crippen LogP contribution in [0.2, 0.25) is 0 Å². The number of non-ortho nitro benzene ring substituents is 1. The monoisotopic (exact) mass is 476 g/mol. The SMILES string of the molecule is CCCOC(=O)C1=C(C)NC2=C(C(=O)C[C@@H](c3ccccc3OC)C2)[C@@H]1c1ccc([N+](=O)[O-])cc1. The number of esters is 1. The zero-order chi connectivity index (χ0) is 25.1. The predicted octanol–water partition coefficient (Wildman–Crippen LogP) is 4.92. The van der Waals surface area contributed by atoms with E-state index < -0.39 is 16.8 Å². The number of carbonyl (C=O) groups excluding carboxylic acids is 2. The topological polar surface area (TPSA) is 108 Å². The van der Waals surface area contributed by atoms with Crippen molar-refractivity contribution in [1.82, 2.24) is 5.32 Å². The summed E-state index contributed by atoms with van der Waals surface area (Å²) in [5.41, 5.74) is 3.77. The van der Waals surface area contributed by atoms with E-state index in [2.05, 4.69) is 5.32 Å². The summed E-state index contributed by atoms with van der Waals surface area (Å²) >= 11 is 0. The second-order valence-electron chi connectivity index (χ2n) is 8.74. The maximum atomic E-state index is 13.6. The Balaban J connectivity index is 1.79. The van der Waals surface area contributed by atoms with Crippen molar-refractivity contribution >= 4 is 17.4 Å². The fourth-order valence-corrected chi connectivity index (χ4v) is 4.93. The molecule has 0 amide bonds. The van der Waals surface area contributed by atoms with Gasteiger partial charge in [-0.3, -0.25) is 14.9 Å². The molecule has 2 aromatic rings. The van der Waals surface area contributed by atoms with Gasteiger partial charge in [0.05, 0.1) is 24.2 Å². The van der Waals surface area contributed by atoms with Gasteiger partial charge < -0.3 is 14.8 Å². The lowest BCUT2D eigenvalue weighted by atomic mass is 9.71. The Morgan fingerprint density at radius 2 is 1.86 bits per heavy atom. The number of benzene rings is 2. The molecule has 1 N–H and O–H groups in total. The third-order valence-electron chi connectivity index (χ3n) is 6.50. The maximum absolute atomic E-state index is 13.6. The second kappa shape index (κ2) is 10.1. The van der Waals surface area contributed by atoms with Crippen LogP contribution in [-0.2, 0) is 14.3 Å². The molecular formula is C27H28N2O6. The lowest BCUT2D eigenvalue weighted by Gasteiger charge is -2.37. The van der Waals surface area contributed by atoms with Gasteiger partial charge in [0.15, 0.2) is 5.78 Å². The Hall–Kier alpha value is -3.94. The van der Waals surface area contributed by atoms with Gasteiger partial charge in [0.25, 0.3) is 5.69 Å². The predicted molar refractivity (Wildman–Crippen MR) is 130 cm³/mol. The minimum Gasteiger partial charge on any atom is -0.496 e. The normalized spacial score (nSPS) is 19.7. The number of methoxy groups -OCH3 is 1. The van der Waals surface area contributed by atoms with Crippen molar-refractivity contribution in [2.45, 2.75) is 44.9 Å². The number of rotatable bonds is 7. The first-order valence-electron chi connectivity index (χ1n) is 11.6. The fourth-order valence-electron chi connectivity index (χ4n) is 4.93. The number of nitro benzene ring substituents is 1. The van der Waals surface area contributed by atoms with Gasteiger partial charge in [-0.1, -0.05) is 37.3 Å². The number of ether oxygens (including phenoxy) is 2. The number of ketones is 1. The summed E-state index contributed by atoms with van der Waals surface area (Å²) in [6, 6.07) is 13.7. The van der Waals surface area contributed by atoms with Crippen molar-refractivity contribution in [3.05, 3.63) is 92.3 Å². The zero-order valence-electron chi connectivity index (χ0n) is 20.0. The second-order valence-corrected chi connectivity index (χ2v) is 8.74. The lowest BCUT2D eigenvalue weighted by Crippen LogP contribution is -2.36. The van der Waals surface area contributed by atoms with E-state index >= 15 is 0 Å². The molecule has 2 aromatic carbocycles. The zero-order valence-corrected chi connectivity index (χ0v) is 20.0. The first-order valence-corrected chi connectivity index (χ1v) is 11.6. The van der Waals surface area contributed by atoms with Crippen LogP contribution in [0.4, 0.5) is 5.69 Å². The Morgan fingerprint density at radius 1 is 1.14 bits per heavy atom. The van der Waals surface area contributed by atoms with Crippen LogP contribution in [0.15, 0.2) is 71.1 Å². The third kappa shape index (κ3) is 4.69. The van der Waals surface area contributed by atoms with E-state index in [1.54, 1.807) is 26.2 Å². The number of nitrogens with one attached hydrogen (secondary N) is 1. The molecule has 0 bridgehead atoms. The molecule has 8 heteroatoms. The first kappa shape index (κ1) is 24.2. The van der Waals surface area contributed by atoms with Crippen LogP contribution >= 0.6 is 0 Å². The minimum atomic E-state index is -0.664. The molecule has 0 aromatic heterocycles. The number of para-hydroxylation sites is 1. The highest BCUT2D eigenvalue weighted by Crippen LogP contribution is 2.47. The highest BCUT2D eigenvalue weighted by Gasteiger charge is 2.41. The number of nitrogens with zero attached hydrogens (tertiary/aromatic N) is 1. The van der Waals surface area contributed by atoms with Crippen LogP contribution in [-0.4, -0.2) is 30.4 Å². The third-order valence-corrected chi connectivity index (χ3v) is 6.50. The number of nitro groups is 1. The molecule has 0 saturated heterocycles. The first-order chi connectivity index (χ1) is 16.8. The standard InChI is InChI=1S/C27H28N2O6/c1-4-13-35-27(31)24-16(2)28-21-14-18(20-7-5-6-8-23(20)34-3)15-22(30)26(21)25(24)17-9-11-19(12-10-17)29(32)33/h5-12,18,25,28H,4,13-15H2,1-3H3/t18-,25+/m0/s1. The van der Waals surface area contributed by atoms with Crippen molar-refractivity contribution < 1.29 is 24.0 Å². The van der Waals surface area contributed by atoms with Crippen LogP contribution in [0.25, 0.3) is 0 Å². The highest BCUT2D eigenvalue weighted by atomic mass is 16.6. The quantitative estimate of drug-likeness (QED) is 0.343. The number of hydrogen-bond acceptors (Lipinski definition) is 7. The molecule has 35 heavy (non-hydrogen) atoms. The molecule has 0 spiro atoms. The highest BCUT2D eigenvalue weighted by molar-refractivity contribution is 6.04. The van der Waals surface area contributed by atoms with Crippen LogP contribution in [0.5, 0.6) is 5.75 Å². The largest absolute Gasteiger partial charge is 0.496 e. The van der Waals surface area contributed by atoms with Gasteiger partial charge in [-0.15, -0.1) is 0 Å². The summed E-state index contributed by atoms with van der Waals surface area (Å²) in [6.07, 6.45) is 1.50. The van der Waals surface area contributed by atoms with E-state index in [-0.39, 0.29) is 30.4 Å². The van der Waals surface area contributed by atoms with Gasteiger partial charge in [-0.05, 0) is 37.0 Å². The summed E-state index contributed by atoms with van der Waals surface area (Å²) in [4.78, 5) is 37.4. The summed E-state index contributed by atoms with van der Waals surface area (Å²) in [6.45, 7) is 3.96. The maximum Gasteiger partial charge on any atom is 0.336 e. The Labute approximate surface area is 203 Å². The minimum absolute atomic E-state index is 0.0566. The number of Topliss-reactive ketones (excluding diaryl/α,β-unsaturated/α-hetero) is 1. The van der Waals surface area contributed by atoms with E-state index in [9.17, 15) is 19.7 Å². The molecule has 0 radical (unpaired) electrons. The Kier molecular flexibility index (Phi) is 7.00. The summed E-state index contributed by atoms with van der Waals surface area (Å²) < 4.78 is 11.0. The van der Waals surface area contributed by atoms with Crippen LogP contribution in [0.3, 0.4) is 0 Å². The molecule has 8 nitrogen and oxygen atoms in total. The summed E-state index contributed by atoms with van der Waals surface area (Å²) in [5.74, 6) is -0.586. The van der Waals surface area contributed by atoms with Gasteiger partial charge in [-0.2, -0.15) is 0 Å². The van der Waals surface area contributed by atoms with E-state index in [0.29, 0.717) is 35.2 Å². The van der Waals surface area contributed by atoms with Gasteiger partial charge >= 0.3 is 5.97 Å². The molecule has 4 rings (SSSR count). The van der Waals surface area contributed by atoms with E-state index in [1.807, 2.05) is 31.2 Å². The molecular weight excluding hydrogens is 448 g/mol. The molecule has 0 saturated carbocycles. The van der Waals surface area contributed by atoms with E-state index in [4.69, 9.17) is 9.47 Å². The molecule has 2 atom stereocenters. The van der Waals surface area contributed by atoms with Crippen LogP contribution in [0, 0.1) is 10.1 Å². The molecule has 1 aliphatic carbocycles. The van der Waals surface area contributed by atoms with Crippen molar-refractivity contribution in [2.24, 2.45) is 0 Å². The van der Waals surface area contributed by atoms with Crippen LogP contribution < -0.4 is 10.1 Å². The van der Waals surface area contributed by atoms with Crippen molar-refractivity contribution in [3.63, 3.8) is 0 Å². The van der Waals surface area contributed by atoms with E-state index in [0.717, 1.165) is 17.0 Å². The fraction of sp³-hybridized carbons (Fsp3) is 0.333. The molecule has 0 fully saturated rings. The molecule has 182 valence electrons. The summed E-state index contributed by atoms with van der Waals surface area (Å²) in [7, 11) is 1.61. The summed E-state index contributed by atoms with van der Waals surface area (Å²) in [5, 5.41) is 14.5. The number of carbonyl (C=O) groups is 2. The molecule has 1 aliphatic heterocycles. The average molecular weight is 477 g/mol. The van der Waals surface area contributed by atoms with Gasteiger partial charge in [0.1, 0.15) is 5.75 Å². The lowest BCUT2D eigenvalue weighted by molar-refractivity contribution is -0.384.